The Morgan fingerprint density at radius 3 is 3.32 bits per heavy atom. The molecule has 1 aromatic heterocycles. The highest BCUT2D eigenvalue weighted by Crippen LogP contribution is 2.23. The molecule has 1 aliphatic rings. The van der Waals surface area contributed by atoms with Gasteiger partial charge in [-0.15, -0.1) is 11.3 Å². The van der Waals surface area contributed by atoms with Gasteiger partial charge in [-0.1, -0.05) is 0 Å². The van der Waals surface area contributed by atoms with E-state index in [1.54, 1.807) is 11.3 Å². The minimum absolute atomic E-state index is 0.202. The summed E-state index contributed by atoms with van der Waals surface area (Å²) in [4.78, 5) is 15.4. The fourth-order valence-corrected chi connectivity index (χ4v) is 3.10. The van der Waals surface area contributed by atoms with E-state index in [1.165, 1.54) is 10.4 Å². The van der Waals surface area contributed by atoms with Crippen LogP contribution in [0.3, 0.4) is 0 Å². The van der Waals surface area contributed by atoms with E-state index in [4.69, 9.17) is 4.74 Å². The number of amides is 1. The minimum Gasteiger partial charge on any atom is -0.382 e. The van der Waals surface area contributed by atoms with Crippen LogP contribution in [0.25, 0.3) is 0 Å². The molecule has 2 rings (SSSR count). The second-order valence-corrected chi connectivity index (χ2v) is 5.66. The Kier molecular flexibility index (Phi) is 5.82. The standard InChI is InChI=1S/C14H22N2O2S/c1-2-18-8-3-6-15-10-14(17)16-7-4-13-12(11-16)5-9-19-13/h5,9,15H,2-4,6-8,10-11H2,1H3. The van der Waals surface area contributed by atoms with E-state index in [9.17, 15) is 4.79 Å². The number of thiophene rings is 1. The predicted octanol–water partition coefficient (Wildman–Crippen LogP) is 1.65. The molecule has 0 spiro atoms. The number of hydrogen-bond donors (Lipinski definition) is 1. The van der Waals surface area contributed by atoms with Gasteiger partial charge >= 0.3 is 0 Å². The Morgan fingerprint density at radius 2 is 2.47 bits per heavy atom. The van der Waals surface area contributed by atoms with Gasteiger partial charge in [0.25, 0.3) is 0 Å². The van der Waals surface area contributed by atoms with Crippen LogP contribution in [0.5, 0.6) is 0 Å². The van der Waals surface area contributed by atoms with Gasteiger partial charge in [0.1, 0.15) is 0 Å². The SMILES string of the molecule is CCOCCCNCC(=O)N1CCc2sccc2C1. The Labute approximate surface area is 118 Å². The number of fused-ring (bicyclic) bond motifs is 1. The van der Waals surface area contributed by atoms with Gasteiger partial charge in [-0.3, -0.25) is 4.79 Å². The van der Waals surface area contributed by atoms with Crippen LogP contribution in [0.2, 0.25) is 0 Å². The number of ether oxygens (including phenoxy) is 1. The smallest absolute Gasteiger partial charge is 0.236 e. The summed E-state index contributed by atoms with van der Waals surface area (Å²) in [5.74, 6) is 0.202. The fraction of sp³-hybridized carbons (Fsp3) is 0.643. The molecule has 1 aromatic rings. The summed E-state index contributed by atoms with van der Waals surface area (Å²) in [6.45, 7) is 6.42. The van der Waals surface area contributed by atoms with Crippen molar-refractivity contribution in [3.05, 3.63) is 21.9 Å². The molecule has 0 unspecified atom stereocenters. The summed E-state index contributed by atoms with van der Waals surface area (Å²) in [6.07, 6.45) is 1.96. The molecule has 2 heterocycles. The number of carbonyl (C=O) groups excluding carboxylic acids is 1. The van der Waals surface area contributed by atoms with Crippen molar-refractivity contribution in [1.82, 2.24) is 10.2 Å². The Bertz CT molecular complexity index is 406. The highest BCUT2D eigenvalue weighted by molar-refractivity contribution is 7.10. The summed E-state index contributed by atoms with van der Waals surface area (Å²) in [6, 6.07) is 2.13. The largest absolute Gasteiger partial charge is 0.382 e. The van der Waals surface area contributed by atoms with Gasteiger partial charge in [-0.2, -0.15) is 0 Å². The first-order valence-corrected chi connectivity index (χ1v) is 7.80. The third-order valence-electron chi connectivity index (χ3n) is 3.28. The molecule has 0 atom stereocenters. The molecule has 19 heavy (non-hydrogen) atoms. The monoisotopic (exact) mass is 282 g/mol. The van der Waals surface area contributed by atoms with Gasteiger partial charge in [0, 0.05) is 31.2 Å². The van der Waals surface area contributed by atoms with Crippen LogP contribution in [-0.2, 0) is 22.5 Å². The summed E-state index contributed by atoms with van der Waals surface area (Å²) >= 11 is 1.80. The van der Waals surface area contributed by atoms with Crippen molar-refractivity contribution in [3.63, 3.8) is 0 Å². The van der Waals surface area contributed by atoms with Gasteiger partial charge in [0.05, 0.1) is 6.54 Å². The molecule has 1 amide bonds. The van der Waals surface area contributed by atoms with Crippen molar-refractivity contribution in [3.8, 4) is 0 Å². The number of carbonyl (C=O) groups is 1. The van der Waals surface area contributed by atoms with E-state index in [0.717, 1.165) is 45.7 Å². The van der Waals surface area contributed by atoms with Gasteiger partial charge in [0.15, 0.2) is 0 Å². The second kappa shape index (κ2) is 7.62. The summed E-state index contributed by atoms with van der Waals surface area (Å²) < 4.78 is 5.25. The molecule has 0 saturated heterocycles. The third kappa shape index (κ3) is 4.30. The molecule has 0 fully saturated rings. The quantitative estimate of drug-likeness (QED) is 0.773. The molecule has 4 nitrogen and oxygen atoms in total. The first-order valence-electron chi connectivity index (χ1n) is 6.92. The van der Waals surface area contributed by atoms with Crippen LogP contribution in [0.15, 0.2) is 11.4 Å². The molecular formula is C14H22N2O2S. The van der Waals surface area contributed by atoms with E-state index in [2.05, 4.69) is 16.8 Å². The average Bonchev–Trinajstić information content (AvgIpc) is 2.89. The lowest BCUT2D eigenvalue weighted by Crippen LogP contribution is -2.41. The van der Waals surface area contributed by atoms with Crippen molar-refractivity contribution >= 4 is 17.2 Å². The van der Waals surface area contributed by atoms with Crippen molar-refractivity contribution < 1.29 is 9.53 Å². The van der Waals surface area contributed by atoms with Crippen molar-refractivity contribution in [1.29, 1.82) is 0 Å². The molecule has 1 aliphatic heterocycles. The van der Waals surface area contributed by atoms with E-state index < -0.39 is 0 Å². The predicted molar refractivity (Wildman–Crippen MR) is 77.4 cm³/mol. The highest BCUT2D eigenvalue weighted by Gasteiger charge is 2.20. The van der Waals surface area contributed by atoms with Crippen molar-refractivity contribution in [2.75, 3.05) is 32.8 Å². The average molecular weight is 282 g/mol. The first kappa shape index (κ1) is 14.5. The van der Waals surface area contributed by atoms with E-state index in [0.29, 0.717) is 6.54 Å². The van der Waals surface area contributed by atoms with Gasteiger partial charge in [-0.25, -0.2) is 0 Å². The van der Waals surface area contributed by atoms with Crippen LogP contribution >= 0.6 is 11.3 Å². The number of hydrogen-bond acceptors (Lipinski definition) is 4. The Morgan fingerprint density at radius 1 is 1.58 bits per heavy atom. The molecule has 106 valence electrons. The maximum atomic E-state index is 12.1. The summed E-state index contributed by atoms with van der Waals surface area (Å²) in [5.41, 5.74) is 1.32. The minimum atomic E-state index is 0.202. The molecule has 0 radical (unpaired) electrons. The highest BCUT2D eigenvalue weighted by atomic mass is 32.1. The lowest BCUT2D eigenvalue weighted by molar-refractivity contribution is -0.131. The van der Waals surface area contributed by atoms with Crippen molar-refractivity contribution in [2.24, 2.45) is 0 Å². The van der Waals surface area contributed by atoms with E-state index >= 15 is 0 Å². The van der Waals surface area contributed by atoms with Crippen LogP contribution in [0, 0.1) is 0 Å². The molecule has 0 bridgehead atoms. The van der Waals surface area contributed by atoms with Gasteiger partial charge in [0.2, 0.25) is 5.91 Å². The van der Waals surface area contributed by atoms with Gasteiger partial charge in [-0.05, 0) is 43.3 Å². The maximum absolute atomic E-state index is 12.1. The van der Waals surface area contributed by atoms with Crippen LogP contribution in [0.1, 0.15) is 23.8 Å². The normalized spacial score (nSPS) is 14.5. The fourth-order valence-electron chi connectivity index (χ4n) is 2.21. The zero-order chi connectivity index (χ0) is 13.5. The summed E-state index contributed by atoms with van der Waals surface area (Å²) in [7, 11) is 0. The number of nitrogens with one attached hydrogen (secondary N) is 1. The van der Waals surface area contributed by atoms with E-state index in [1.807, 2.05) is 11.8 Å². The lowest BCUT2D eigenvalue weighted by atomic mass is 10.1. The topological polar surface area (TPSA) is 41.6 Å². The van der Waals surface area contributed by atoms with Crippen LogP contribution < -0.4 is 5.32 Å². The molecule has 1 N–H and O–H groups in total. The molecule has 0 aliphatic carbocycles. The Balaban J connectivity index is 1.64. The first-order chi connectivity index (χ1) is 9.31. The molecule has 0 aromatic carbocycles. The maximum Gasteiger partial charge on any atom is 0.236 e. The molecule has 5 heteroatoms. The van der Waals surface area contributed by atoms with Gasteiger partial charge < -0.3 is 15.0 Å². The molecular weight excluding hydrogens is 260 g/mol. The number of rotatable bonds is 7. The molecule has 0 saturated carbocycles. The van der Waals surface area contributed by atoms with E-state index in [-0.39, 0.29) is 5.91 Å². The Hall–Kier alpha value is -0.910. The number of nitrogens with zero attached hydrogens (tertiary/aromatic N) is 1. The lowest BCUT2D eigenvalue weighted by Gasteiger charge is -2.27. The third-order valence-corrected chi connectivity index (χ3v) is 4.31. The summed E-state index contributed by atoms with van der Waals surface area (Å²) in [5, 5.41) is 5.31. The zero-order valence-electron chi connectivity index (χ0n) is 11.5. The van der Waals surface area contributed by atoms with Crippen LogP contribution in [0.4, 0.5) is 0 Å². The second-order valence-electron chi connectivity index (χ2n) is 4.66. The van der Waals surface area contributed by atoms with Crippen molar-refractivity contribution in [2.45, 2.75) is 26.3 Å². The van der Waals surface area contributed by atoms with Crippen LogP contribution in [-0.4, -0.2) is 43.7 Å². The zero-order valence-corrected chi connectivity index (χ0v) is 12.3.